The molecule has 0 radical (unpaired) electrons. The average molecular weight is 364 g/mol. The van der Waals surface area contributed by atoms with Gasteiger partial charge in [0.1, 0.15) is 0 Å². The molecule has 1 nitrogen and oxygen atoms in total. The summed E-state index contributed by atoms with van der Waals surface area (Å²) in [5.74, 6) is 0. The molecule has 0 amide bonds. The van der Waals surface area contributed by atoms with Crippen LogP contribution in [0.4, 0.5) is 17.1 Å². The van der Waals surface area contributed by atoms with Crippen LogP contribution in [0.5, 0.6) is 0 Å². The maximum Gasteiger partial charge on any atom is 0.0490 e. The lowest BCUT2D eigenvalue weighted by molar-refractivity contribution is 1.03. The molecule has 3 aromatic carbocycles. The molecule has 0 N–H and O–H groups in total. The van der Waals surface area contributed by atoms with Crippen LogP contribution in [-0.4, -0.2) is 0 Å². The van der Waals surface area contributed by atoms with Crippen LogP contribution < -0.4 is 4.90 Å². The second-order valence-electron chi connectivity index (χ2n) is 7.07. The molecule has 1 heteroatoms. The van der Waals surface area contributed by atoms with E-state index in [1.807, 2.05) is 0 Å². The molecule has 138 valence electrons. The average Bonchev–Trinajstić information content (AvgIpc) is 2.76. The maximum atomic E-state index is 2.31. The van der Waals surface area contributed by atoms with Gasteiger partial charge >= 0.3 is 0 Å². The zero-order valence-electron chi connectivity index (χ0n) is 16.3. The molecule has 3 aromatic rings. The Kier molecular flexibility index (Phi) is 5.53. The van der Waals surface area contributed by atoms with Crippen LogP contribution >= 0.6 is 0 Å². The minimum atomic E-state index is 1.14. The van der Waals surface area contributed by atoms with Crippen molar-refractivity contribution in [3.8, 4) is 0 Å². The Morgan fingerprint density at radius 2 is 1.43 bits per heavy atom. The Hall–Kier alpha value is -3.32. The Labute approximate surface area is 168 Å². The van der Waals surface area contributed by atoms with Crippen molar-refractivity contribution in [1.29, 1.82) is 0 Å². The smallest absolute Gasteiger partial charge is 0.0490 e. The lowest BCUT2D eigenvalue weighted by Gasteiger charge is -2.27. The van der Waals surface area contributed by atoms with Gasteiger partial charge in [-0.05, 0) is 66.8 Å². The lowest BCUT2D eigenvalue weighted by atomic mass is 10.1. The van der Waals surface area contributed by atoms with Gasteiger partial charge in [-0.1, -0.05) is 78.9 Å². The summed E-state index contributed by atoms with van der Waals surface area (Å²) in [6, 6.07) is 27.8. The van der Waals surface area contributed by atoms with Crippen LogP contribution in [-0.2, 0) is 0 Å². The lowest BCUT2D eigenvalue weighted by Crippen LogP contribution is -2.11. The van der Waals surface area contributed by atoms with Gasteiger partial charge in [-0.15, -0.1) is 0 Å². The predicted molar refractivity (Wildman–Crippen MR) is 121 cm³/mol. The van der Waals surface area contributed by atoms with Crippen molar-refractivity contribution in [2.75, 3.05) is 4.90 Å². The molecule has 0 saturated heterocycles. The zero-order valence-corrected chi connectivity index (χ0v) is 16.3. The van der Waals surface area contributed by atoms with Crippen LogP contribution in [0.25, 0.3) is 6.08 Å². The van der Waals surface area contributed by atoms with E-state index >= 15 is 0 Å². The van der Waals surface area contributed by atoms with Crippen molar-refractivity contribution in [2.24, 2.45) is 0 Å². The van der Waals surface area contributed by atoms with Crippen molar-refractivity contribution in [3.63, 3.8) is 0 Å². The molecular formula is C27H25N. The van der Waals surface area contributed by atoms with Gasteiger partial charge in [0.2, 0.25) is 0 Å². The number of anilines is 3. The van der Waals surface area contributed by atoms with Gasteiger partial charge in [0.05, 0.1) is 0 Å². The Morgan fingerprint density at radius 1 is 0.714 bits per heavy atom. The Bertz CT molecular complexity index is 1010. The van der Waals surface area contributed by atoms with Crippen molar-refractivity contribution >= 4 is 23.1 Å². The highest BCUT2D eigenvalue weighted by Gasteiger charge is 2.13. The van der Waals surface area contributed by atoms with Gasteiger partial charge in [0.15, 0.2) is 0 Å². The standard InChI is InChI=1S/C27H25N/c1-22-10-8-9-15-27(22)28(25-13-6-3-7-14-25)26-20-18-24(19-21-26)17-16-23-11-4-2-5-12-23/h3-4,6-21H,2,5H2,1H3. The normalized spacial score (nSPS) is 13.5. The zero-order chi connectivity index (χ0) is 19.2. The fourth-order valence-corrected chi connectivity index (χ4v) is 3.50. The fourth-order valence-electron chi connectivity index (χ4n) is 3.50. The molecule has 0 aliphatic heterocycles. The molecule has 1 aliphatic rings. The number of hydrogen-bond acceptors (Lipinski definition) is 1. The van der Waals surface area contributed by atoms with Gasteiger partial charge < -0.3 is 4.90 Å². The summed E-state index contributed by atoms with van der Waals surface area (Å²) in [4.78, 5) is 2.31. The summed E-state index contributed by atoms with van der Waals surface area (Å²) < 4.78 is 0. The van der Waals surface area contributed by atoms with Gasteiger partial charge in [-0.2, -0.15) is 0 Å². The van der Waals surface area contributed by atoms with E-state index in [4.69, 9.17) is 0 Å². The number of rotatable bonds is 5. The number of nitrogens with zero attached hydrogens (tertiary/aromatic N) is 1. The van der Waals surface area contributed by atoms with Gasteiger partial charge in [-0.25, -0.2) is 0 Å². The third kappa shape index (κ3) is 4.15. The molecule has 4 rings (SSSR count). The van der Waals surface area contributed by atoms with Crippen LogP contribution in [0.15, 0.2) is 109 Å². The fraction of sp³-hybridized carbons (Fsp3) is 0.111. The van der Waals surface area contributed by atoms with Crippen LogP contribution in [0.2, 0.25) is 0 Å². The monoisotopic (exact) mass is 363 g/mol. The highest BCUT2D eigenvalue weighted by Crippen LogP contribution is 2.36. The van der Waals surface area contributed by atoms with Gasteiger partial charge in [-0.3, -0.25) is 0 Å². The number of allylic oxidation sites excluding steroid dienone is 5. The first-order valence-electron chi connectivity index (χ1n) is 9.87. The molecule has 0 fully saturated rings. The number of para-hydroxylation sites is 2. The number of aryl methyl sites for hydroxylation is 1. The molecule has 0 spiro atoms. The van der Waals surface area contributed by atoms with Gasteiger partial charge in [0, 0.05) is 17.1 Å². The van der Waals surface area contributed by atoms with Crippen LogP contribution in [0.3, 0.4) is 0 Å². The summed E-state index contributed by atoms with van der Waals surface area (Å²) in [5, 5.41) is 0. The molecule has 0 saturated carbocycles. The third-order valence-corrected chi connectivity index (χ3v) is 5.01. The molecular weight excluding hydrogens is 338 g/mol. The quantitative estimate of drug-likeness (QED) is 0.448. The second-order valence-corrected chi connectivity index (χ2v) is 7.07. The molecule has 0 aromatic heterocycles. The van der Waals surface area contributed by atoms with E-state index in [0.29, 0.717) is 0 Å². The minimum absolute atomic E-state index is 1.14. The Balaban J connectivity index is 1.66. The predicted octanol–water partition coefficient (Wildman–Crippen LogP) is 7.75. The highest BCUT2D eigenvalue weighted by atomic mass is 15.1. The summed E-state index contributed by atoms with van der Waals surface area (Å²) in [6.45, 7) is 2.16. The summed E-state index contributed by atoms with van der Waals surface area (Å²) >= 11 is 0. The van der Waals surface area contributed by atoms with E-state index in [0.717, 1.165) is 24.2 Å². The van der Waals surface area contributed by atoms with Crippen molar-refractivity contribution in [3.05, 3.63) is 120 Å². The molecule has 0 atom stereocenters. The van der Waals surface area contributed by atoms with Gasteiger partial charge in [0.25, 0.3) is 0 Å². The SMILES string of the molecule is Cc1ccccc1N(c1ccccc1)c1ccc(C=CC2=CCCC=C2)cc1. The van der Waals surface area contributed by atoms with Crippen LogP contribution in [0.1, 0.15) is 24.0 Å². The van der Waals surface area contributed by atoms with E-state index in [9.17, 15) is 0 Å². The summed E-state index contributed by atoms with van der Waals surface area (Å²) in [5.41, 5.74) is 7.29. The molecule has 28 heavy (non-hydrogen) atoms. The van der Waals surface area contributed by atoms with Crippen molar-refractivity contribution in [1.82, 2.24) is 0 Å². The number of benzene rings is 3. The highest BCUT2D eigenvalue weighted by molar-refractivity contribution is 5.78. The topological polar surface area (TPSA) is 3.24 Å². The van der Waals surface area contributed by atoms with E-state index in [1.54, 1.807) is 0 Å². The first-order chi connectivity index (χ1) is 13.8. The van der Waals surface area contributed by atoms with E-state index in [1.165, 1.54) is 22.4 Å². The van der Waals surface area contributed by atoms with E-state index < -0.39 is 0 Å². The third-order valence-electron chi connectivity index (χ3n) is 5.01. The van der Waals surface area contributed by atoms with Crippen molar-refractivity contribution in [2.45, 2.75) is 19.8 Å². The first kappa shape index (κ1) is 18.1. The first-order valence-corrected chi connectivity index (χ1v) is 9.87. The van der Waals surface area contributed by atoms with E-state index in [2.05, 4.69) is 121 Å². The number of hydrogen-bond donors (Lipinski definition) is 0. The van der Waals surface area contributed by atoms with Crippen LogP contribution in [0, 0.1) is 6.92 Å². The second kappa shape index (κ2) is 8.58. The molecule has 0 unspecified atom stereocenters. The summed E-state index contributed by atoms with van der Waals surface area (Å²) in [7, 11) is 0. The maximum absolute atomic E-state index is 2.31. The van der Waals surface area contributed by atoms with E-state index in [-0.39, 0.29) is 0 Å². The molecule has 1 aliphatic carbocycles. The Morgan fingerprint density at radius 3 is 2.14 bits per heavy atom. The van der Waals surface area contributed by atoms with Crippen molar-refractivity contribution < 1.29 is 0 Å². The molecule has 0 bridgehead atoms. The summed E-state index contributed by atoms with van der Waals surface area (Å²) in [6.07, 6.45) is 13.4. The minimum Gasteiger partial charge on any atom is -0.310 e. The largest absolute Gasteiger partial charge is 0.310 e. The molecule has 0 heterocycles.